The van der Waals surface area contributed by atoms with Crippen LogP contribution in [0.15, 0.2) is 0 Å². The zero-order valence-electron chi connectivity index (χ0n) is 8.40. The van der Waals surface area contributed by atoms with E-state index in [0.717, 1.165) is 6.42 Å². The molecular formula is C7H17ClNO3P. The van der Waals surface area contributed by atoms with E-state index < -0.39 is 8.60 Å². The molecule has 0 aromatic heterocycles. The van der Waals surface area contributed by atoms with E-state index >= 15 is 0 Å². The Kier molecular flexibility index (Phi) is 7.23. The SMILES string of the molecule is CCC(C)N(OP(O)OCl)C(C)C. The quantitative estimate of drug-likeness (QED) is 0.562. The van der Waals surface area contributed by atoms with Crippen LogP contribution in [-0.2, 0) is 8.70 Å². The van der Waals surface area contributed by atoms with E-state index in [1.54, 1.807) is 5.06 Å². The maximum absolute atomic E-state index is 9.07. The molecule has 0 heterocycles. The van der Waals surface area contributed by atoms with E-state index in [9.17, 15) is 0 Å². The van der Waals surface area contributed by atoms with Crippen LogP contribution in [0.4, 0.5) is 0 Å². The summed E-state index contributed by atoms with van der Waals surface area (Å²) in [7, 11) is -2.00. The normalized spacial score (nSPS) is 16.6. The molecule has 0 amide bonds. The van der Waals surface area contributed by atoms with Gasteiger partial charge in [-0.3, -0.25) is 0 Å². The third kappa shape index (κ3) is 5.11. The van der Waals surface area contributed by atoms with Gasteiger partial charge in [-0.1, -0.05) is 6.92 Å². The van der Waals surface area contributed by atoms with Gasteiger partial charge in [0.25, 0.3) is 0 Å². The van der Waals surface area contributed by atoms with Crippen molar-refractivity contribution in [3.63, 3.8) is 0 Å². The fourth-order valence-corrected chi connectivity index (χ4v) is 1.57. The first kappa shape index (κ1) is 13.6. The Morgan fingerprint density at radius 2 is 2.00 bits per heavy atom. The summed E-state index contributed by atoms with van der Waals surface area (Å²) < 4.78 is 9.27. The van der Waals surface area contributed by atoms with Crippen molar-refractivity contribution in [1.82, 2.24) is 5.06 Å². The highest BCUT2D eigenvalue weighted by Gasteiger charge is 2.21. The van der Waals surface area contributed by atoms with Crippen LogP contribution < -0.4 is 0 Å². The van der Waals surface area contributed by atoms with Gasteiger partial charge in [-0.25, -0.2) is 4.62 Å². The average molecular weight is 230 g/mol. The highest BCUT2D eigenvalue weighted by atomic mass is 35.5. The number of hydrogen-bond donors (Lipinski definition) is 1. The first-order valence-corrected chi connectivity index (χ1v) is 5.70. The molecule has 2 atom stereocenters. The second-order valence-electron chi connectivity index (χ2n) is 3.10. The Balaban J connectivity index is 4.09. The van der Waals surface area contributed by atoms with Gasteiger partial charge >= 0.3 is 8.60 Å². The first-order valence-electron chi connectivity index (χ1n) is 4.27. The van der Waals surface area contributed by atoms with Gasteiger partial charge < -0.3 is 4.89 Å². The maximum atomic E-state index is 9.07. The van der Waals surface area contributed by atoms with E-state index in [4.69, 9.17) is 21.4 Å². The summed E-state index contributed by atoms with van der Waals surface area (Å²) in [5, 5.41) is 1.69. The maximum Gasteiger partial charge on any atom is 0.366 e. The van der Waals surface area contributed by atoms with Crippen molar-refractivity contribution in [3.8, 4) is 0 Å². The minimum atomic E-state index is -2.00. The lowest BCUT2D eigenvalue weighted by atomic mass is 10.2. The number of halogens is 1. The van der Waals surface area contributed by atoms with E-state index in [1.807, 2.05) is 27.7 Å². The largest absolute Gasteiger partial charge is 0.366 e. The number of hydrogen-bond acceptors (Lipinski definition) is 4. The van der Waals surface area contributed by atoms with Crippen molar-refractivity contribution in [1.29, 1.82) is 0 Å². The fraction of sp³-hybridized carbons (Fsp3) is 1.00. The predicted molar refractivity (Wildman–Crippen MR) is 53.9 cm³/mol. The van der Waals surface area contributed by atoms with E-state index in [0.29, 0.717) is 0 Å². The predicted octanol–water partition coefficient (Wildman–Crippen LogP) is 2.82. The monoisotopic (exact) mass is 229 g/mol. The Morgan fingerprint density at radius 3 is 2.31 bits per heavy atom. The lowest BCUT2D eigenvalue weighted by Crippen LogP contribution is -2.37. The minimum absolute atomic E-state index is 0.180. The molecule has 6 heteroatoms. The summed E-state index contributed by atoms with van der Waals surface area (Å²) >= 11 is 4.98. The molecule has 0 saturated carbocycles. The minimum Gasteiger partial charge on any atom is -0.326 e. The van der Waals surface area contributed by atoms with Crippen LogP contribution in [0.1, 0.15) is 34.1 Å². The summed E-state index contributed by atoms with van der Waals surface area (Å²) in [6, 6.07) is 0.405. The molecule has 0 saturated heterocycles. The Hall–Kier alpha value is 0.560. The molecule has 0 spiro atoms. The zero-order valence-corrected chi connectivity index (χ0v) is 10.0. The van der Waals surface area contributed by atoms with Crippen molar-refractivity contribution >= 4 is 20.5 Å². The van der Waals surface area contributed by atoms with Crippen LogP contribution in [0.5, 0.6) is 0 Å². The first-order chi connectivity index (χ1) is 6.02. The Bertz CT molecular complexity index is 139. The fourth-order valence-electron chi connectivity index (χ4n) is 0.957. The molecule has 0 fully saturated rings. The smallest absolute Gasteiger partial charge is 0.326 e. The second-order valence-corrected chi connectivity index (χ2v) is 4.29. The van der Waals surface area contributed by atoms with Crippen molar-refractivity contribution in [2.45, 2.75) is 46.2 Å². The topological polar surface area (TPSA) is 41.9 Å². The molecule has 0 aromatic carbocycles. The lowest BCUT2D eigenvalue weighted by molar-refractivity contribution is -0.122. The van der Waals surface area contributed by atoms with Crippen molar-refractivity contribution in [3.05, 3.63) is 0 Å². The highest BCUT2D eigenvalue weighted by Crippen LogP contribution is 2.37. The lowest BCUT2D eigenvalue weighted by Gasteiger charge is -2.30. The summed E-state index contributed by atoms with van der Waals surface area (Å²) in [5.74, 6) is 0. The van der Waals surface area contributed by atoms with Crippen molar-refractivity contribution in [2.75, 3.05) is 0 Å². The zero-order chi connectivity index (χ0) is 10.4. The third-order valence-electron chi connectivity index (χ3n) is 1.76. The van der Waals surface area contributed by atoms with E-state index in [-0.39, 0.29) is 12.1 Å². The van der Waals surface area contributed by atoms with Crippen LogP contribution in [0.25, 0.3) is 0 Å². The molecule has 80 valence electrons. The van der Waals surface area contributed by atoms with Gasteiger partial charge in [0, 0.05) is 12.1 Å². The molecule has 0 aliphatic rings. The standard InChI is InChI=1S/C7H17ClNO3P/c1-5-7(4)9(6(2)3)12-13(10)11-8/h6-7,10H,5H2,1-4H3. The van der Waals surface area contributed by atoms with Gasteiger partial charge in [0.15, 0.2) is 0 Å². The van der Waals surface area contributed by atoms with Gasteiger partial charge in [-0.2, -0.15) is 9.14 Å². The van der Waals surface area contributed by atoms with Crippen molar-refractivity contribution in [2.24, 2.45) is 0 Å². The molecule has 0 rings (SSSR count). The van der Waals surface area contributed by atoms with Gasteiger partial charge in [0.1, 0.15) is 0 Å². The molecule has 2 unspecified atom stereocenters. The number of nitrogens with zero attached hydrogens (tertiary/aromatic N) is 1. The third-order valence-corrected chi connectivity index (χ3v) is 2.56. The average Bonchev–Trinajstić information content (AvgIpc) is 2.11. The molecular weight excluding hydrogens is 213 g/mol. The van der Waals surface area contributed by atoms with E-state index in [2.05, 4.69) is 4.08 Å². The summed E-state index contributed by atoms with van der Waals surface area (Å²) in [6.07, 6.45) is 0.934. The molecule has 0 bridgehead atoms. The number of rotatable bonds is 6. The summed E-state index contributed by atoms with van der Waals surface area (Å²) in [5.41, 5.74) is 0. The van der Waals surface area contributed by atoms with Crippen LogP contribution >= 0.6 is 20.5 Å². The van der Waals surface area contributed by atoms with Crippen LogP contribution in [0, 0.1) is 0 Å². The molecule has 13 heavy (non-hydrogen) atoms. The number of hydroxylamine groups is 2. The molecule has 4 nitrogen and oxygen atoms in total. The Morgan fingerprint density at radius 1 is 1.46 bits per heavy atom. The van der Waals surface area contributed by atoms with Gasteiger partial charge in [-0.05, 0) is 27.2 Å². The second kappa shape index (κ2) is 6.93. The molecule has 0 aliphatic heterocycles. The molecule has 0 radical (unpaired) electrons. The molecule has 0 aromatic rings. The van der Waals surface area contributed by atoms with Crippen LogP contribution in [-0.4, -0.2) is 22.0 Å². The van der Waals surface area contributed by atoms with Crippen LogP contribution in [0.2, 0.25) is 0 Å². The van der Waals surface area contributed by atoms with Crippen LogP contribution in [0.3, 0.4) is 0 Å². The van der Waals surface area contributed by atoms with Gasteiger partial charge in [0.05, 0.1) is 11.9 Å². The van der Waals surface area contributed by atoms with Gasteiger partial charge in [-0.15, -0.1) is 0 Å². The molecule has 0 aliphatic carbocycles. The van der Waals surface area contributed by atoms with Gasteiger partial charge in [0.2, 0.25) is 0 Å². The van der Waals surface area contributed by atoms with E-state index in [1.165, 1.54) is 0 Å². The summed E-state index contributed by atoms with van der Waals surface area (Å²) in [6.45, 7) is 8.01. The Labute approximate surface area is 85.9 Å². The van der Waals surface area contributed by atoms with Crippen molar-refractivity contribution < 1.29 is 13.6 Å². The summed E-state index contributed by atoms with van der Waals surface area (Å²) in [4.78, 5) is 9.07. The highest BCUT2D eigenvalue weighted by molar-refractivity contribution is 7.41. The molecule has 1 N–H and O–H groups in total.